The number of methoxy groups -OCH3 is 1. The topological polar surface area (TPSA) is 116 Å². The number of hydrogen-bond donors (Lipinski definition) is 3. The highest BCUT2D eigenvalue weighted by molar-refractivity contribution is 8.26. The molecule has 1 unspecified atom stereocenters. The maximum Gasteiger partial charge on any atom is 0.325 e. The van der Waals surface area contributed by atoms with Crippen LogP contribution in [0.5, 0.6) is 11.5 Å². The number of nitrogens with one attached hydrogen (secondary N) is 1. The van der Waals surface area contributed by atoms with Crippen molar-refractivity contribution in [3.8, 4) is 11.5 Å². The van der Waals surface area contributed by atoms with Crippen molar-refractivity contribution in [3.63, 3.8) is 0 Å². The molecule has 1 aliphatic rings. The number of ether oxygens (including phenoxy) is 1. The lowest BCUT2D eigenvalue weighted by Crippen LogP contribution is -2.38. The van der Waals surface area contributed by atoms with E-state index >= 15 is 0 Å². The van der Waals surface area contributed by atoms with Crippen LogP contribution in [0.1, 0.15) is 25.3 Å². The number of aliphatic carboxylic acids is 1. The summed E-state index contributed by atoms with van der Waals surface area (Å²) in [6, 6.07) is 3.77. The predicted molar refractivity (Wildman–Crippen MR) is 109 cm³/mol. The number of benzene rings is 1. The Balaban J connectivity index is 1.96. The highest BCUT2D eigenvalue weighted by atomic mass is 32.2. The van der Waals surface area contributed by atoms with Crippen molar-refractivity contribution in [2.45, 2.75) is 25.8 Å². The van der Waals surface area contributed by atoms with Crippen LogP contribution in [0.4, 0.5) is 0 Å². The maximum absolute atomic E-state index is 12.6. The van der Waals surface area contributed by atoms with Gasteiger partial charge in [0.1, 0.15) is 10.4 Å². The SMILES string of the molecule is COc1cc(/C=C2\SC(=S)N(CCCC(=O)NC(C)C(=O)O)C2=O)ccc1O. The summed E-state index contributed by atoms with van der Waals surface area (Å²) in [5.74, 6) is -1.47. The van der Waals surface area contributed by atoms with E-state index in [1.165, 1.54) is 25.0 Å². The molecular weight excluding hydrogens is 404 g/mol. The second kappa shape index (κ2) is 9.56. The molecule has 150 valence electrons. The van der Waals surface area contributed by atoms with Gasteiger partial charge in [0.25, 0.3) is 5.91 Å². The first kappa shape index (κ1) is 21.7. The quantitative estimate of drug-likeness (QED) is 0.428. The number of phenolic OH excluding ortho intramolecular Hbond substituents is 1. The van der Waals surface area contributed by atoms with Gasteiger partial charge >= 0.3 is 5.97 Å². The largest absolute Gasteiger partial charge is 0.504 e. The predicted octanol–water partition coefficient (Wildman–Crippen LogP) is 1.97. The van der Waals surface area contributed by atoms with Crippen molar-refractivity contribution >= 4 is 52.2 Å². The molecule has 0 radical (unpaired) electrons. The third-order valence-electron chi connectivity index (χ3n) is 3.91. The smallest absolute Gasteiger partial charge is 0.325 e. The maximum atomic E-state index is 12.6. The zero-order valence-corrected chi connectivity index (χ0v) is 16.9. The molecule has 1 fully saturated rings. The van der Waals surface area contributed by atoms with Gasteiger partial charge in [-0.05, 0) is 37.1 Å². The monoisotopic (exact) mass is 424 g/mol. The van der Waals surface area contributed by atoms with E-state index in [9.17, 15) is 19.5 Å². The van der Waals surface area contributed by atoms with Crippen LogP contribution in [0.25, 0.3) is 6.08 Å². The van der Waals surface area contributed by atoms with E-state index in [0.29, 0.717) is 27.0 Å². The van der Waals surface area contributed by atoms with E-state index in [1.54, 1.807) is 18.2 Å². The number of aromatic hydroxyl groups is 1. The number of phenols is 1. The first-order valence-corrected chi connectivity index (χ1v) is 9.60. The van der Waals surface area contributed by atoms with Gasteiger partial charge in [-0.2, -0.15) is 0 Å². The number of carbonyl (C=O) groups is 3. The molecule has 1 heterocycles. The normalized spacial score (nSPS) is 16.4. The Bertz CT molecular complexity index is 839. The van der Waals surface area contributed by atoms with Gasteiger partial charge < -0.3 is 20.3 Å². The summed E-state index contributed by atoms with van der Waals surface area (Å²) in [5, 5.41) is 20.8. The average Bonchev–Trinajstić information content (AvgIpc) is 2.90. The van der Waals surface area contributed by atoms with Crippen molar-refractivity contribution in [1.82, 2.24) is 10.2 Å². The molecule has 0 saturated carbocycles. The standard InChI is InChI=1S/C18H20N2O6S2/c1-10(17(24)25)19-15(22)4-3-7-20-16(23)14(28-18(20)27)9-11-5-6-12(21)13(8-11)26-2/h5-6,8-10,21H,3-4,7H2,1-2H3,(H,19,22)(H,24,25)/b14-9-. The molecular formula is C18H20N2O6S2. The Labute approximate surface area is 171 Å². The Kier molecular flexibility index (Phi) is 7.41. The van der Waals surface area contributed by atoms with Gasteiger partial charge in [-0.3, -0.25) is 19.3 Å². The van der Waals surface area contributed by atoms with E-state index in [-0.39, 0.29) is 24.6 Å². The van der Waals surface area contributed by atoms with Gasteiger partial charge in [0.2, 0.25) is 5.91 Å². The highest BCUT2D eigenvalue weighted by Gasteiger charge is 2.31. The molecule has 1 atom stereocenters. The van der Waals surface area contributed by atoms with Crippen molar-refractivity contribution < 1.29 is 29.3 Å². The van der Waals surface area contributed by atoms with Crippen LogP contribution >= 0.6 is 24.0 Å². The van der Waals surface area contributed by atoms with Crippen molar-refractivity contribution in [2.75, 3.05) is 13.7 Å². The summed E-state index contributed by atoms with van der Waals surface area (Å²) >= 11 is 6.40. The van der Waals surface area contributed by atoms with Gasteiger partial charge in [-0.1, -0.05) is 30.0 Å². The number of hydrogen-bond acceptors (Lipinski definition) is 7. The number of carboxylic acids is 1. The van der Waals surface area contributed by atoms with E-state index in [4.69, 9.17) is 22.1 Å². The molecule has 3 N–H and O–H groups in total. The Hall–Kier alpha value is -2.59. The molecule has 0 aliphatic carbocycles. The number of rotatable bonds is 8. The average molecular weight is 425 g/mol. The summed E-state index contributed by atoms with van der Waals surface area (Å²) in [6.45, 7) is 1.64. The number of carboxylic acid groups (broad SMARTS) is 1. The number of amides is 2. The third kappa shape index (κ3) is 5.46. The fourth-order valence-electron chi connectivity index (χ4n) is 2.40. The summed E-state index contributed by atoms with van der Waals surface area (Å²) in [4.78, 5) is 36.9. The van der Waals surface area contributed by atoms with Crippen LogP contribution in [0.3, 0.4) is 0 Å². The molecule has 10 heteroatoms. The summed E-state index contributed by atoms with van der Waals surface area (Å²) < 4.78 is 5.45. The molecule has 0 bridgehead atoms. The van der Waals surface area contributed by atoms with Crippen LogP contribution < -0.4 is 10.1 Å². The van der Waals surface area contributed by atoms with Crippen molar-refractivity contribution in [2.24, 2.45) is 0 Å². The van der Waals surface area contributed by atoms with Crippen LogP contribution in [-0.4, -0.2) is 56.9 Å². The van der Waals surface area contributed by atoms with Gasteiger partial charge in [0.05, 0.1) is 12.0 Å². The minimum Gasteiger partial charge on any atom is -0.504 e. The van der Waals surface area contributed by atoms with Crippen LogP contribution in [0.2, 0.25) is 0 Å². The lowest BCUT2D eigenvalue weighted by molar-refractivity contribution is -0.141. The molecule has 1 aromatic carbocycles. The van der Waals surface area contributed by atoms with Gasteiger partial charge in [0, 0.05) is 13.0 Å². The summed E-state index contributed by atoms with van der Waals surface area (Å²) in [7, 11) is 1.44. The zero-order chi connectivity index (χ0) is 20.8. The number of thioether (sulfide) groups is 1. The second-order valence-electron chi connectivity index (χ2n) is 6.00. The fourth-order valence-corrected chi connectivity index (χ4v) is 3.71. The first-order chi connectivity index (χ1) is 13.2. The molecule has 2 amide bonds. The van der Waals surface area contributed by atoms with E-state index in [2.05, 4.69) is 5.32 Å². The summed E-state index contributed by atoms with van der Waals surface area (Å²) in [5.41, 5.74) is 0.678. The molecule has 1 saturated heterocycles. The van der Waals surface area contributed by atoms with Crippen molar-refractivity contribution in [3.05, 3.63) is 28.7 Å². The zero-order valence-electron chi connectivity index (χ0n) is 15.3. The lowest BCUT2D eigenvalue weighted by Gasteiger charge is -2.14. The number of nitrogens with zero attached hydrogens (tertiary/aromatic N) is 1. The molecule has 28 heavy (non-hydrogen) atoms. The molecule has 2 rings (SSSR count). The van der Waals surface area contributed by atoms with E-state index in [1.807, 2.05) is 0 Å². The van der Waals surface area contributed by atoms with Gasteiger partial charge in [-0.15, -0.1) is 0 Å². The first-order valence-electron chi connectivity index (χ1n) is 8.37. The molecule has 0 aromatic heterocycles. The fraction of sp³-hybridized carbons (Fsp3) is 0.333. The second-order valence-corrected chi connectivity index (χ2v) is 7.67. The minimum atomic E-state index is -1.11. The molecule has 8 nitrogen and oxygen atoms in total. The van der Waals surface area contributed by atoms with Gasteiger partial charge in [-0.25, -0.2) is 0 Å². The summed E-state index contributed by atoms with van der Waals surface area (Å²) in [6.07, 6.45) is 2.09. The molecule has 1 aromatic rings. The molecule has 0 spiro atoms. The molecule has 1 aliphatic heterocycles. The van der Waals surface area contributed by atoms with Crippen molar-refractivity contribution in [1.29, 1.82) is 0 Å². The third-order valence-corrected chi connectivity index (χ3v) is 5.29. The Morgan fingerprint density at radius 3 is 2.79 bits per heavy atom. The Morgan fingerprint density at radius 1 is 1.43 bits per heavy atom. The van der Waals surface area contributed by atoms with Crippen LogP contribution in [0.15, 0.2) is 23.1 Å². The van der Waals surface area contributed by atoms with E-state index < -0.39 is 17.9 Å². The number of thiocarbonyl (C=S) groups is 1. The minimum absolute atomic E-state index is 0.00249. The lowest BCUT2D eigenvalue weighted by atomic mass is 10.2. The van der Waals surface area contributed by atoms with Gasteiger partial charge in [0.15, 0.2) is 11.5 Å². The number of carbonyl (C=O) groups excluding carboxylic acids is 2. The highest BCUT2D eigenvalue weighted by Crippen LogP contribution is 2.34. The van der Waals surface area contributed by atoms with Crippen LogP contribution in [0, 0.1) is 0 Å². The van der Waals surface area contributed by atoms with Crippen LogP contribution in [-0.2, 0) is 14.4 Å². The van der Waals surface area contributed by atoms with E-state index in [0.717, 1.165) is 11.8 Å². The Morgan fingerprint density at radius 2 is 2.14 bits per heavy atom.